The quantitative estimate of drug-likeness (QED) is 0.291. The second kappa shape index (κ2) is 7.82. The lowest BCUT2D eigenvalue weighted by Gasteiger charge is -2.01. The Morgan fingerprint density at radius 1 is 1.41 bits per heavy atom. The Labute approximate surface area is 161 Å². The highest BCUT2D eigenvalue weighted by molar-refractivity contribution is 7.13. The van der Waals surface area contributed by atoms with Crippen molar-refractivity contribution in [3.8, 4) is 17.4 Å². The maximum atomic E-state index is 12.1. The molecule has 0 aliphatic carbocycles. The molecule has 0 saturated heterocycles. The van der Waals surface area contributed by atoms with Gasteiger partial charge < -0.3 is 4.42 Å². The van der Waals surface area contributed by atoms with Gasteiger partial charge in [0.2, 0.25) is 0 Å². The second-order valence-electron chi connectivity index (χ2n) is 5.08. The molecule has 1 aromatic carbocycles. The summed E-state index contributed by atoms with van der Waals surface area (Å²) >= 11 is 7.30. The van der Waals surface area contributed by atoms with Gasteiger partial charge in [-0.2, -0.15) is 5.26 Å². The number of thiazole rings is 1. The number of halogens is 1. The van der Waals surface area contributed by atoms with E-state index in [1.54, 1.807) is 17.5 Å². The minimum absolute atomic E-state index is 0.138. The number of hydrogen-bond acceptors (Lipinski definition) is 7. The van der Waals surface area contributed by atoms with Crippen LogP contribution in [0.4, 0.5) is 10.8 Å². The summed E-state index contributed by atoms with van der Waals surface area (Å²) in [6.07, 6.45) is 2.81. The predicted octanol–water partition coefficient (Wildman–Crippen LogP) is 4.51. The first-order chi connectivity index (χ1) is 13.0. The number of furan rings is 1. The Bertz CT molecular complexity index is 1080. The van der Waals surface area contributed by atoms with Gasteiger partial charge >= 0.3 is 0 Å². The number of carbonyl (C=O) groups excluding carboxylic acids is 1. The first-order valence-electron chi connectivity index (χ1n) is 7.34. The fraction of sp³-hybridized carbons (Fsp3) is 0. The summed E-state index contributed by atoms with van der Waals surface area (Å²) < 4.78 is 5.59. The third-order valence-electron chi connectivity index (χ3n) is 3.36. The van der Waals surface area contributed by atoms with E-state index in [0.29, 0.717) is 16.5 Å². The summed E-state index contributed by atoms with van der Waals surface area (Å²) in [6.45, 7) is 0. The van der Waals surface area contributed by atoms with Crippen LogP contribution in [-0.4, -0.2) is 15.8 Å². The summed E-state index contributed by atoms with van der Waals surface area (Å²) in [6, 6.07) is 8.95. The van der Waals surface area contributed by atoms with Crippen LogP contribution in [0.15, 0.2) is 51.9 Å². The van der Waals surface area contributed by atoms with Gasteiger partial charge in [-0.05, 0) is 18.2 Å². The number of benzene rings is 1. The van der Waals surface area contributed by atoms with E-state index in [4.69, 9.17) is 16.0 Å². The van der Waals surface area contributed by atoms with Crippen LogP contribution in [0.5, 0.6) is 0 Å². The standard InChI is InChI=1S/C17H9ClN4O4S/c18-14-8-11(22(24)25)1-3-13(14)15-4-2-12(26-15)7-10(9-19)16(23)21-17-20-5-6-27-17/h1-8H,(H,20,21,23)/b10-7+. The van der Waals surface area contributed by atoms with E-state index < -0.39 is 10.8 Å². The van der Waals surface area contributed by atoms with E-state index in [1.807, 2.05) is 6.07 Å². The lowest BCUT2D eigenvalue weighted by molar-refractivity contribution is -0.384. The van der Waals surface area contributed by atoms with E-state index in [0.717, 1.165) is 0 Å². The van der Waals surface area contributed by atoms with Crippen molar-refractivity contribution in [2.24, 2.45) is 0 Å². The monoisotopic (exact) mass is 400 g/mol. The number of nitro groups is 1. The molecule has 0 bridgehead atoms. The highest BCUT2D eigenvalue weighted by Gasteiger charge is 2.15. The van der Waals surface area contributed by atoms with Crippen molar-refractivity contribution in [3.63, 3.8) is 0 Å². The Morgan fingerprint density at radius 2 is 2.22 bits per heavy atom. The van der Waals surface area contributed by atoms with Crippen LogP contribution < -0.4 is 5.32 Å². The third-order valence-corrected chi connectivity index (χ3v) is 4.36. The second-order valence-corrected chi connectivity index (χ2v) is 6.39. The van der Waals surface area contributed by atoms with E-state index in [-0.39, 0.29) is 22.0 Å². The van der Waals surface area contributed by atoms with Gasteiger partial charge in [0.25, 0.3) is 11.6 Å². The minimum Gasteiger partial charge on any atom is -0.457 e. The number of non-ortho nitro benzene ring substituents is 1. The molecular formula is C17H9ClN4O4S. The van der Waals surface area contributed by atoms with Crippen molar-refractivity contribution in [1.29, 1.82) is 5.26 Å². The van der Waals surface area contributed by atoms with E-state index in [9.17, 15) is 20.2 Å². The summed E-state index contributed by atoms with van der Waals surface area (Å²) in [7, 11) is 0. The van der Waals surface area contributed by atoms with Crippen molar-refractivity contribution in [2.75, 3.05) is 5.32 Å². The number of nitrogens with zero attached hydrogens (tertiary/aromatic N) is 3. The zero-order valence-corrected chi connectivity index (χ0v) is 15.0. The number of aromatic nitrogens is 1. The van der Waals surface area contributed by atoms with Gasteiger partial charge in [-0.1, -0.05) is 11.6 Å². The zero-order valence-electron chi connectivity index (χ0n) is 13.4. The first kappa shape index (κ1) is 18.3. The molecule has 0 atom stereocenters. The number of nitro benzene ring substituents is 1. The summed E-state index contributed by atoms with van der Waals surface area (Å²) in [5.41, 5.74) is 0.148. The van der Waals surface area contributed by atoms with Crippen molar-refractivity contribution in [2.45, 2.75) is 0 Å². The molecule has 0 radical (unpaired) electrons. The largest absolute Gasteiger partial charge is 0.457 e. The van der Waals surface area contributed by atoms with Gasteiger partial charge in [0.05, 0.1) is 9.95 Å². The molecule has 0 aliphatic heterocycles. The van der Waals surface area contributed by atoms with Crippen LogP contribution in [0.25, 0.3) is 17.4 Å². The molecule has 0 saturated carbocycles. The van der Waals surface area contributed by atoms with E-state index >= 15 is 0 Å². The van der Waals surface area contributed by atoms with Crippen LogP contribution in [0.2, 0.25) is 5.02 Å². The number of anilines is 1. The lowest BCUT2D eigenvalue weighted by Crippen LogP contribution is -2.13. The smallest absolute Gasteiger partial charge is 0.270 e. The average Bonchev–Trinajstić information content (AvgIpc) is 3.31. The molecule has 3 rings (SSSR count). The summed E-state index contributed by atoms with van der Waals surface area (Å²) in [5.74, 6) is -0.0113. The molecule has 134 valence electrons. The maximum absolute atomic E-state index is 12.1. The summed E-state index contributed by atoms with van der Waals surface area (Å²) in [5, 5.41) is 24.7. The van der Waals surface area contributed by atoms with Crippen LogP contribution in [0.3, 0.4) is 0 Å². The topological polar surface area (TPSA) is 122 Å². The molecule has 1 amide bonds. The predicted molar refractivity (Wildman–Crippen MR) is 100 cm³/mol. The van der Waals surface area contributed by atoms with E-state index in [2.05, 4.69) is 10.3 Å². The average molecular weight is 401 g/mol. The molecular weight excluding hydrogens is 392 g/mol. The SMILES string of the molecule is N#C/C(=C\c1ccc(-c2ccc([N+](=O)[O-])cc2Cl)o1)C(=O)Nc1nccs1. The normalized spacial score (nSPS) is 11.0. The minimum atomic E-state index is -0.612. The summed E-state index contributed by atoms with van der Waals surface area (Å²) in [4.78, 5) is 26.3. The fourth-order valence-corrected chi connectivity index (χ4v) is 2.92. The third kappa shape index (κ3) is 4.20. The molecule has 3 aromatic rings. The zero-order chi connectivity index (χ0) is 19.4. The number of nitrogens with one attached hydrogen (secondary N) is 1. The highest BCUT2D eigenvalue weighted by Crippen LogP contribution is 2.32. The molecule has 2 heterocycles. The Morgan fingerprint density at radius 3 is 2.85 bits per heavy atom. The first-order valence-corrected chi connectivity index (χ1v) is 8.60. The molecule has 0 fully saturated rings. The molecule has 1 N–H and O–H groups in total. The Hall–Kier alpha value is -3.48. The number of hydrogen-bond donors (Lipinski definition) is 1. The van der Waals surface area contributed by atoms with Crippen molar-refractivity contribution in [1.82, 2.24) is 4.98 Å². The number of nitriles is 1. The van der Waals surface area contributed by atoms with Gasteiger partial charge in [-0.15, -0.1) is 11.3 Å². The van der Waals surface area contributed by atoms with Gasteiger partial charge in [0.1, 0.15) is 23.2 Å². The number of amides is 1. The molecule has 0 spiro atoms. The van der Waals surface area contributed by atoms with Gasteiger partial charge in [-0.25, -0.2) is 4.98 Å². The van der Waals surface area contributed by atoms with Crippen molar-refractivity contribution >= 4 is 45.7 Å². The van der Waals surface area contributed by atoms with Crippen molar-refractivity contribution < 1.29 is 14.1 Å². The highest BCUT2D eigenvalue weighted by atomic mass is 35.5. The number of rotatable bonds is 5. The van der Waals surface area contributed by atoms with Crippen LogP contribution in [0, 0.1) is 21.4 Å². The van der Waals surface area contributed by atoms with Crippen LogP contribution in [-0.2, 0) is 4.79 Å². The van der Waals surface area contributed by atoms with Crippen LogP contribution in [0.1, 0.15) is 5.76 Å². The Balaban J connectivity index is 1.84. The Kier molecular flexibility index (Phi) is 5.30. The van der Waals surface area contributed by atoms with Crippen molar-refractivity contribution in [3.05, 3.63) is 68.4 Å². The van der Waals surface area contributed by atoms with Gasteiger partial charge in [0, 0.05) is 35.3 Å². The fourth-order valence-electron chi connectivity index (χ4n) is 2.13. The molecule has 8 nitrogen and oxygen atoms in total. The van der Waals surface area contributed by atoms with E-state index in [1.165, 1.54) is 41.8 Å². The van der Waals surface area contributed by atoms with Gasteiger partial charge in [-0.3, -0.25) is 20.2 Å². The molecule has 27 heavy (non-hydrogen) atoms. The molecule has 0 aliphatic rings. The molecule has 0 unspecified atom stereocenters. The maximum Gasteiger partial charge on any atom is 0.270 e. The molecule has 2 aromatic heterocycles. The van der Waals surface area contributed by atoms with Gasteiger partial charge in [0.15, 0.2) is 5.13 Å². The molecule has 10 heteroatoms. The number of carbonyl (C=O) groups is 1. The lowest BCUT2D eigenvalue weighted by atomic mass is 10.1. The van der Waals surface area contributed by atoms with Crippen LogP contribution >= 0.6 is 22.9 Å².